The van der Waals surface area contributed by atoms with E-state index < -0.39 is 0 Å². The largest absolute Gasteiger partial charge is 0.316 e. The van der Waals surface area contributed by atoms with Crippen molar-refractivity contribution in [2.75, 3.05) is 13.1 Å². The Balaban J connectivity index is 4.84. The highest BCUT2D eigenvalue weighted by Crippen LogP contribution is 2.35. The SMILES string of the molecule is CCNCC(CC)(CC)C(=O)C(C)(C)C. The van der Waals surface area contributed by atoms with Crippen molar-refractivity contribution in [3.05, 3.63) is 0 Å². The van der Waals surface area contributed by atoms with Crippen LogP contribution in [0.15, 0.2) is 0 Å². The molecular formula is C13H27NO. The zero-order valence-corrected chi connectivity index (χ0v) is 11.2. The Morgan fingerprint density at radius 2 is 1.53 bits per heavy atom. The molecule has 0 aliphatic heterocycles. The molecule has 2 heteroatoms. The summed E-state index contributed by atoms with van der Waals surface area (Å²) in [4.78, 5) is 12.4. The number of hydrogen-bond donors (Lipinski definition) is 1. The highest BCUT2D eigenvalue weighted by Gasteiger charge is 2.40. The molecule has 0 saturated heterocycles. The molecule has 0 rings (SSSR count). The fourth-order valence-corrected chi connectivity index (χ4v) is 2.06. The van der Waals surface area contributed by atoms with Crippen LogP contribution in [0.25, 0.3) is 0 Å². The molecular weight excluding hydrogens is 186 g/mol. The second kappa shape index (κ2) is 5.64. The van der Waals surface area contributed by atoms with Crippen LogP contribution >= 0.6 is 0 Å². The molecule has 0 bridgehead atoms. The van der Waals surface area contributed by atoms with Crippen LogP contribution < -0.4 is 5.32 Å². The second-order valence-corrected chi connectivity index (χ2v) is 5.35. The highest BCUT2D eigenvalue weighted by atomic mass is 16.1. The Morgan fingerprint density at radius 3 is 1.80 bits per heavy atom. The van der Waals surface area contributed by atoms with E-state index in [2.05, 4.69) is 26.1 Å². The van der Waals surface area contributed by atoms with Gasteiger partial charge in [0.2, 0.25) is 0 Å². The first kappa shape index (κ1) is 14.6. The van der Waals surface area contributed by atoms with E-state index in [9.17, 15) is 4.79 Å². The third kappa shape index (κ3) is 3.60. The van der Waals surface area contributed by atoms with Gasteiger partial charge in [-0.3, -0.25) is 4.79 Å². The minimum Gasteiger partial charge on any atom is -0.316 e. The second-order valence-electron chi connectivity index (χ2n) is 5.35. The van der Waals surface area contributed by atoms with Crippen molar-refractivity contribution in [3.8, 4) is 0 Å². The van der Waals surface area contributed by atoms with Crippen molar-refractivity contribution in [2.45, 2.75) is 54.4 Å². The molecule has 0 aromatic heterocycles. The summed E-state index contributed by atoms with van der Waals surface area (Å²) in [5, 5.41) is 3.32. The summed E-state index contributed by atoms with van der Waals surface area (Å²) in [5.41, 5.74) is -0.407. The summed E-state index contributed by atoms with van der Waals surface area (Å²) < 4.78 is 0. The first-order valence-electron chi connectivity index (χ1n) is 6.09. The van der Waals surface area contributed by atoms with E-state index in [0.29, 0.717) is 5.78 Å². The molecule has 0 amide bonds. The fraction of sp³-hybridized carbons (Fsp3) is 0.923. The molecule has 0 aliphatic carbocycles. The predicted octanol–water partition coefficient (Wildman–Crippen LogP) is 3.02. The molecule has 0 saturated carbocycles. The molecule has 2 nitrogen and oxygen atoms in total. The number of nitrogens with one attached hydrogen (secondary N) is 1. The standard InChI is InChI=1S/C13H27NO/c1-7-13(8-2,10-14-9-3)11(15)12(4,5)6/h14H,7-10H2,1-6H3. The molecule has 0 unspecified atom stereocenters. The molecule has 0 radical (unpaired) electrons. The first-order valence-corrected chi connectivity index (χ1v) is 6.09. The normalized spacial score (nSPS) is 12.9. The monoisotopic (exact) mass is 213 g/mol. The van der Waals surface area contributed by atoms with Crippen LogP contribution in [-0.2, 0) is 4.79 Å². The summed E-state index contributed by atoms with van der Waals surface area (Å²) in [6, 6.07) is 0. The van der Waals surface area contributed by atoms with Crippen molar-refractivity contribution in [1.29, 1.82) is 0 Å². The average molecular weight is 213 g/mol. The minimum absolute atomic E-state index is 0.172. The zero-order chi connectivity index (χ0) is 12.1. The molecule has 90 valence electrons. The van der Waals surface area contributed by atoms with Crippen molar-refractivity contribution < 1.29 is 4.79 Å². The van der Waals surface area contributed by atoms with E-state index in [1.54, 1.807) is 0 Å². The van der Waals surface area contributed by atoms with E-state index in [-0.39, 0.29) is 10.8 Å². The highest BCUT2D eigenvalue weighted by molar-refractivity contribution is 5.89. The quantitative estimate of drug-likeness (QED) is 0.735. The van der Waals surface area contributed by atoms with E-state index in [0.717, 1.165) is 25.9 Å². The van der Waals surface area contributed by atoms with Gasteiger partial charge in [0.15, 0.2) is 0 Å². The van der Waals surface area contributed by atoms with E-state index in [1.807, 2.05) is 20.8 Å². The lowest BCUT2D eigenvalue weighted by Crippen LogP contribution is -2.45. The first-order chi connectivity index (χ1) is 6.84. The van der Waals surface area contributed by atoms with Crippen molar-refractivity contribution in [2.24, 2.45) is 10.8 Å². The maximum atomic E-state index is 12.4. The maximum Gasteiger partial charge on any atom is 0.145 e. The lowest BCUT2D eigenvalue weighted by molar-refractivity contribution is -0.137. The van der Waals surface area contributed by atoms with Gasteiger partial charge < -0.3 is 5.32 Å². The third-order valence-corrected chi connectivity index (χ3v) is 3.23. The van der Waals surface area contributed by atoms with E-state index >= 15 is 0 Å². The van der Waals surface area contributed by atoms with Gasteiger partial charge in [-0.15, -0.1) is 0 Å². The van der Waals surface area contributed by atoms with Crippen molar-refractivity contribution >= 4 is 5.78 Å². The van der Waals surface area contributed by atoms with E-state index in [1.165, 1.54) is 0 Å². The summed E-state index contributed by atoms with van der Waals surface area (Å²) in [7, 11) is 0. The lowest BCUT2D eigenvalue weighted by Gasteiger charge is -2.36. The Kier molecular flexibility index (Phi) is 5.50. The number of carbonyl (C=O) groups excluding carboxylic acids is 1. The smallest absolute Gasteiger partial charge is 0.145 e. The van der Waals surface area contributed by atoms with Crippen LogP contribution in [0.5, 0.6) is 0 Å². The molecule has 0 fully saturated rings. The van der Waals surface area contributed by atoms with Gasteiger partial charge >= 0.3 is 0 Å². The molecule has 0 aliphatic rings. The Labute approximate surface area is 94.8 Å². The molecule has 0 aromatic carbocycles. The number of ketones is 1. The van der Waals surface area contributed by atoms with Crippen LogP contribution in [0, 0.1) is 10.8 Å². The summed E-state index contributed by atoms with van der Waals surface area (Å²) in [6.07, 6.45) is 1.85. The van der Waals surface area contributed by atoms with Crippen molar-refractivity contribution in [3.63, 3.8) is 0 Å². The predicted molar refractivity (Wildman–Crippen MR) is 66.0 cm³/mol. The average Bonchev–Trinajstić information content (AvgIpc) is 2.18. The number of rotatable bonds is 6. The molecule has 15 heavy (non-hydrogen) atoms. The van der Waals surface area contributed by atoms with Gasteiger partial charge in [-0.1, -0.05) is 41.5 Å². The Morgan fingerprint density at radius 1 is 1.07 bits per heavy atom. The summed E-state index contributed by atoms with van der Waals surface area (Å²) in [5.74, 6) is 0.390. The molecule has 0 spiro atoms. The van der Waals surface area contributed by atoms with Gasteiger partial charge in [-0.25, -0.2) is 0 Å². The number of Topliss-reactive ketones (excluding diaryl/α,β-unsaturated/α-hetero) is 1. The van der Waals surface area contributed by atoms with Gasteiger partial charge in [0.1, 0.15) is 5.78 Å². The van der Waals surface area contributed by atoms with Crippen LogP contribution in [-0.4, -0.2) is 18.9 Å². The van der Waals surface area contributed by atoms with Crippen LogP contribution in [0.3, 0.4) is 0 Å². The maximum absolute atomic E-state index is 12.4. The molecule has 0 heterocycles. The zero-order valence-electron chi connectivity index (χ0n) is 11.2. The van der Waals surface area contributed by atoms with Gasteiger partial charge in [0.25, 0.3) is 0 Å². The van der Waals surface area contributed by atoms with Crippen LogP contribution in [0.4, 0.5) is 0 Å². The molecule has 0 atom stereocenters. The minimum atomic E-state index is -0.235. The van der Waals surface area contributed by atoms with Gasteiger partial charge in [0.05, 0.1) is 0 Å². The topological polar surface area (TPSA) is 29.1 Å². The lowest BCUT2D eigenvalue weighted by atomic mass is 9.69. The Hall–Kier alpha value is -0.370. The van der Waals surface area contributed by atoms with Gasteiger partial charge in [-0.05, 0) is 19.4 Å². The van der Waals surface area contributed by atoms with Gasteiger partial charge in [0, 0.05) is 17.4 Å². The molecule has 1 N–H and O–H groups in total. The number of hydrogen-bond acceptors (Lipinski definition) is 2. The van der Waals surface area contributed by atoms with E-state index in [4.69, 9.17) is 0 Å². The van der Waals surface area contributed by atoms with Gasteiger partial charge in [-0.2, -0.15) is 0 Å². The fourth-order valence-electron chi connectivity index (χ4n) is 2.06. The summed E-state index contributed by atoms with van der Waals surface area (Å²) >= 11 is 0. The number of carbonyl (C=O) groups is 1. The van der Waals surface area contributed by atoms with Crippen molar-refractivity contribution in [1.82, 2.24) is 5.32 Å². The van der Waals surface area contributed by atoms with Crippen LogP contribution in [0.1, 0.15) is 54.4 Å². The van der Waals surface area contributed by atoms with Crippen LogP contribution in [0.2, 0.25) is 0 Å². The Bertz CT molecular complexity index is 199. The third-order valence-electron chi connectivity index (χ3n) is 3.23. The summed E-state index contributed by atoms with van der Waals surface area (Å²) in [6.45, 7) is 14.1. The molecule has 0 aromatic rings.